The summed E-state index contributed by atoms with van der Waals surface area (Å²) in [6, 6.07) is 0. The summed E-state index contributed by atoms with van der Waals surface area (Å²) >= 11 is 0. The van der Waals surface area contributed by atoms with Crippen molar-refractivity contribution in [3.05, 3.63) is 0 Å². The van der Waals surface area contributed by atoms with Crippen LogP contribution in [0, 0.1) is 11.3 Å². The molecule has 1 saturated carbocycles. The number of rotatable bonds is 37. The maximum absolute atomic E-state index is 12.4. The fourth-order valence-electron chi connectivity index (χ4n) is 7.15. The number of carbonyl (C=O) groups excluding carboxylic acids is 2. The quantitative estimate of drug-likeness (QED) is 0.0520. The van der Waals surface area contributed by atoms with Gasteiger partial charge in [-0.1, -0.05) is 130 Å². The van der Waals surface area contributed by atoms with Crippen molar-refractivity contribution in [2.24, 2.45) is 11.3 Å². The van der Waals surface area contributed by atoms with Crippen LogP contribution in [0.2, 0.25) is 0 Å². The molecule has 48 heavy (non-hydrogen) atoms. The number of aliphatic hydroxyl groups excluding tert-OH is 1. The minimum atomic E-state index is -0.0301. The highest BCUT2D eigenvalue weighted by molar-refractivity contribution is 5.69. The highest BCUT2D eigenvalue weighted by atomic mass is 16.5. The van der Waals surface area contributed by atoms with Gasteiger partial charge in [0.2, 0.25) is 0 Å². The lowest BCUT2D eigenvalue weighted by Gasteiger charge is -2.22. The van der Waals surface area contributed by atoms with Crippen molar-refractivity contribution in [1.29, 1.82) is 0 Å². The fourth-order valence-corrected chi connectivity index (χ4v) is 7.15. The molecule has 1 N–H and O–H groups in total. The zero-order chi connectivity index (χ0) is 35.0. The van der Waals surface area contributed by atoms with E-state index < -0.39 is 0 Å². The van der Waals surface area contributed by atoms with Crippen LogP contribution in [0.1, 0.15) is 207 Å². The van der Waals surface area contributed by atoms with Crippen molar-refractivity contribution in [2.75, 3.05) is 39.5 Å². The highest BCUT2D eigenvalue weighted by Gasteiger charge is 2.41. The summed E-state index contributed by atoms with van der Waals surface area (Å²) < 4.78 is 11.0. The molecule has 0 heterocycles. The predicted octanol–water partition coefficient (Wildman–Crippen LogP) is 11.4. The van der Waals surface area contributed by atoms with E-state index in [4.69, 9.17) is 9.47 Å². The Morgan fingerprint density at radius 3 is 1.67 bits per heavy atom. The monoisotopic (exact) mass is 680 g/mol. The number of unbranched alkanes of at least 4 members (excludes halogenated alkanes) is 14. The average molecular weight is 680 g/mol. The van der Waals surface area contributed by atoms with Crippen LogP contribution in [0.3, 0.4) is 0 Å². The lowest BCUT2D eigenvalue weighted by atomic mass is 9.91. The molecule has 0 radical (unpaired) electrons. The van der Waals surface area contributed by atoms with Crippen LogP contribution in [-0.2, 0) is 19.1 Å². The molecule has 0 amide bonds. The van der Waals surface area contributed by atoms with Gasteiger partial charge in [-0.05, 0) is 88.6 Å². The number of hydrogen-bond donors (Lipinski definition) is 1. The van der Waals surface area contributed by atoms with Gasteiger partial charge in [-0.3, -0.25) is 9.59 Å². The summed E-state index contributed by atoms with van der Waals surface area (Å²) in [4.78, 5) is 26.8. The lowest BCUT2D eigenvalue weighted by molar-refractivity contribution is -0.145. The van der Waals surface area contributed by atoms with Crippen LogP contribution in [0.25, 0.3) is 0 Å². The van der Waals surface area contributed by atoms with Gasteiger partial charge in [0.15, 0.2) is 0 Å². The van der Waals surface area contributed by atoms with E-state index in [1.165, 1.54) is 122 Å². The molecule has 6 heteroatoms. The van der Waals surface area contributed by atoms with Crippen molar-refractivity contribution in [3.8, 4) is 0 Å². The second-order valence-corrected chi connectivity index (χ2v) is 15.2. The summed E-state index contributed by atoms with van der Waals surface area (Å²) in [7, 11) is 0. The van der Waals surface area contributed by atoms with Gasteiger partial charge < -0.3 is 19.5 Å². The van der Waals surface area contributed by atoms with Crippen LogP contribution in [0.5, 0.6) is 0 Å². The van der Waals surface area contributed by atoms with Gasteiger partial charge in [-0.25, -0.2) is 0 Å². The number of aliphatic hydroxyl groups is 1. The highest BCUT2D eigenvalue weighted by Crippen LogP contribution is 2.53. The van der Waals surface area contributed by atoms with Crippen molar-refractivity contribution < 1.29 is 24.2 Å². The van der Waals surface area contributed by atoms with Gasteiger partial charge in [0, 0.05) is 19.4 Å². The SMILES string of the molecule is CCCCCCCCCOC(=O)CCCCCCCN(CCO)CCCCC1(CCC(=O)OCCCCC(CCCC)CCCC)CC1. The van der Waals surface area contributed by atoms with Crippen LogP contribution in [0.15, 0.2) is 0 Å². The molecule has 0 unspecified atom stereocenters. The Labute approximate surface area is 298 Å². The molecule has 1 aliphatic carbocycles. The summed E-state index contributed by atoms with van der Waals surface area (Å²) in [6.45, 7) is 11.0. The zero-order valence-electron chi connectivity index (χ0n) is 32.4. The number of nitrogens with zero attached hydrogens (tertiary/aromatic N) is 1. The molecule has 0 bridgehead atoms. The number of hydrogen-bond acceptors (Lipinski definition) is 6. The van der Waals surface area contributed by atoms with Crippen LogP contribution in [-0.4, -0.2) is 61.4 Å². The lowest BCUT2D eigenvalue weighted by Crippen LogP contribution is -2.29. The summed E-state index contributed by atoms with van der Waals surface area (Å²) in [5, 5.41) is 9.56. The average Bonchev–Trinajstić information content (AvgIpc) is 3.86. The van der Waals surface area contributed by atoms with E-state index in [1.807, 2.05) is 0 Å². The molecule has 0 aromatic carbocycles. The minimum absolute atomic E-state index is 0.00245. The van der Waals surface area contributed by atoms with Crippen molar-refractivity contribution >= 4 is 11.9 Å². The van der Waals surface area contributed by atoms with Gasteiger partial charge in [0.05, 0.1) is 19.8 Å². The van der Waals surface area contributed by atoms with Crippen molar-refractivity contribution in [3.63, 3.8) is 0 Å². The van der Waals surface area contributed by atoms with Gasteiger partial charge in [0.25, 0.3) is 0 Å². The molecule has 1 fully saturated rings. The second kappa shape index (κ2) is 31.8. The van der Waals surface area contributed by atoms with E-state index in [0.717, 1.165) is 76.9 Å². The number of esters is 2. The molecule has 1 rings (SSSR count). The number of ether oxygens (including phenoxy) is 2. The van der Waals surface area contributed by atoms with E-state index in [1.54, 1.807) is 0 Å². The van der Waals surface area contributed by atoms with Gasteiger partial charge in [0.1, 0.15) is 0 Å². The molecule has 0 atom stereocenters. The fraction of sp³-hybridized carbons (Fsp3) is 0.952. The van der Waals surface area contributed by atoms with Crippen LogP contribution >= 0.6 is 0 Å². The molecule has 6 nitrogen and oxygen atoms in total. The van der Waals surface area contributed by atoms with Crippen LogP contribution < -0.4 is 0 Å². The van der Waals surface area contributed by atoms with E-state index in [2.05, 4.69) is 25.7 Å². The second-order valence-electron chi connectivity index (χ2n) is 15.2. The Kier molecular flexibility index (Phi) is 29.7. The molecule has 0 aromatic rings. The Morgan fingerprint density at radius 2 is 1.06 bits per heavy atom. The predicted molar refractivity (Wildman–Crippen MR) is 202 cm³/mol. The molecular formula is C42H81NO5. The number of carbonyl (C=O) groups is 2. The van der Waals surface area contributed by atoms with Crippen molar-refractivity contribution in [1.82, 2.24) is 4.90 Å². The normalized spacial score (nSPS) is 13.8. The van der Waals surface area contributed by atoms with Gasteiger partial charge in [-0.15, -0.1) is 0 Å². The molecule has 0 spiro atoms. The van der Waals surface area contributed by atoms with Crippen LogP contribution in [0.4, 0.5) is 0 Å². The molecule has 1 aliphatic rings. The third kappa shape index (κ3) is 26.7. The Bertz CT molecular complexity index is 732. The first-order valence-corrected chi connectivity index (χ1v) is 21.1. The van der Waals surface area contributed by atoms with Gasteiger partial charge >= 0.3 is 11.9 Å². The topological polar surface area (TPSA) is 76.1 Å². The summed E-state index contributed by atoms with van der Waals surface area (Å²) in [5.74, 6) is 0.829. The Morgan fingerprint density at radius 1 is 0.562 bits per heavy atom. The molecule has 0 aromatic heterocycles. The first-order valence-electron chi connectivity index (χ1n) is 21.1. The summed E-state index contributed by atoms with van der Waals surface area (Å²) in [6.07, 6.45) is 33.8. The Balaban J connectivity index is 2.04. The maximum atomic E-state index is 12.4. The van der Waals surface area contributed by atoms with Crippen molar-refractivity contribution in [2.45, 2.75) is 207 Å². The molecule has 284 valence electrons. The first kappa shape index (κ1) is 44.9. The summed E-state index contributed by atoms with van der Waals surface area (Å²) in [5.41, 5.74) is 0.382. The molecule has 0 saturated heterocycles. The third-order valence-electron chi connectivity index (χ3n) is 10.7. The third-order valence-corrected chi connectivity index (χ3v) is 10.7. The maximum Gasteiger partial charge on any atom is 0.305 e. The Hall–Kier alpha value is -1.14. The standard InChI is InChI=1S/C42H81NO5/c1-4-7-10-11-12-16-22-37-47-40(45)27-17-14-13-15-20-33-43(35-36-44)34-21-19-29-42(31-32-42)30-28-41(46)48-38-23-18-26-39(24-8-5-2)25-9-6-3/h39,44H,4-38H2,1-3H3. The van der Waals surface area contributed by atoms with E-state index in [9.17, 15) is 14.7 Å². The first-order chi connectivity index (χ1) is 23.5. The molecule has 0 aliphatic heterocycles. The zero-order valence-corrected chi connectivity index (χ0v) is 32.4. The van der Waals surface area contributed by atoms with E-state index in [-0.39, 0.29) is 18.5 Å². The van der Waals surface area contributed by atoms with Gasteiger partial charge in [-0.2, -0.15) is 0 Å². The largest absolute Gasteiger partial charge is 0.466 e. The molecular weight excluding hydrogens is 598 g/mol. The minimum Gasteiger partial charge on any atom is -0.466 e. The van der Waals surface area contributed by atoms with E-state index >= 15 is 0 Å². The smallest absolute Gasteiger partial charge is 0.305 e. The van der Waals surface area contributed by atoms with E-state index in [0.29, 0.717) is 31.5 Å².